The summed E-state index contributed by atoms with van der Waals surface area (Å²) >= 11 is 2.92. The van der Waals surface area contributed by atoms with E-state index in [9.17, 15) is 49.8 Å². The summed E-state index contributed by atoms with van der Waals surface area (Å²) in [4.78, 5) is 88.3. The van der Waals surface area contributed by atoms with Crippen LogP contribution in [-0.2, 0) is 69.5 Å². The molecule has 31 heteroatoms. The molecule has 115 heavy (non-hydrogen) atoms. The van der Waals surface area contributed by atoms with Crippen molar-refractivity contribution in [1.29, 1.82) is 10.5 Å². The molecule has 0 aliphatic carbocycles. The molecule has 12 aliphatic heterocycles. The molecule has 8 bridgehead atoms. The number of aryl methyl sites for hydroxylation is 2. The van der Waals surface area contributed by atoms with Gasteiger partial charge < -0.3 is 79.1 Å². The molecule has 1 spiro atoms. The Hall–Kier alpha value is -10.7. The molecule has 0 radical (unpaired) electrons. The van der Waals surface area contributed by atoms with Crippen LogP contribution in [0.5, 0.6) is 46.0 Å². The number of carbonyl (C=O) groups excluding carboxylic acids is 3. The average Bonchev–Trinajstić information content (AvgIpc) is 1.37. The molecule has 0 amide bonds. The fraction of sp³-hybridized carbons (Fsp3) is 0.429. The molecule has 0 unspecified atom stereocenters. The Balaban J connectivity index is 0.000000144. The largest absolute Gasteiger partial charge is 0.504 e. The van der Waals surface area contributed by atoms with Gasteiger partial charge in [0.25, 0.3) is 5.97 Å². The third-order valence-electron chi connectivity index (χ3n) is 25.4. The molecule has 600 valence electrons. The highest BCUT2D eigenvalue weighted by Crippen LogP contribution is 2.66. The summed E-state index contributed by atoms with van der Waals surface area (Å²) in [5.41, 5.74) is 20.9. The van der Waals surface area contributed by atoms with Gasteiger partial charge in [0.1, 0.15) is 37.4 Å². The lowest BCUT2D eigenvalue weighted by atomic mass is 9.71. The Morgan fingerprint density at radius 2 is 1.14 bits per heavy atom. The Morgan fingerprint density at radius 1 is 0.652 bits per heavy atom. The van der Waals surface area contributed by atoms with Crippen molar-refractivity contribution in [2.45, 2.75) is 163 Å². The first kappa shape index (κ1) is 78.2. The molecular weight excluding hydrogens is 1520 g/mol. The van der Waals surface area contributed by atoms with Crippen LogP contribution >= 0.6 is 23.5 Å². The van der Waals surface area contributed by atoms with Crippen molar-refractivity contribution >= 4 is 81.0 Å². The summed E-state index contributed by atoms with van der Waals surface area (Å²) in [5.74, 6) is -1.31. The highest BCUT2D eigenvalue weighted by molar-refractivity contribution is 8.00. The van der Waals surface area contributed by atoms with E-state index in [1.54, 1.807) is 26.0 Å². The van der Waals surface area contributed by atoms with E-state index in [2.05, 4.69) is 66.1 Å². The van der Waals surface area contributed by atoms with Crippen LogP contribution in [0.15, 0.2) is 66.9 Å². The number of thioether (sulfide) groups is 2. The summed E-state index contributed by atoms with van der Waals surface area (Å²) < 4.78 is 47.8. The lowest BCUT2D eigenvalue weighted by molar-refractivity contribution is -0.159. The summed E-state index contributed by atoms with van der Waals surface area (Å²) in [6, 6.07) is 18.7. The van der Waals surface area contributed by atoms with Crippen LogP contribution in [0.25, 0.3) is 21.8 Å². The molecule has 0 saturated carbocycles. The zero-order chi connectivity index (χ0) is 81.6. The smallest absolute Gasteiger partial charge is 0.375 e. The monoisotopic (exact) mass is 1600 g/mol. The van der Waals surface area contributed by atoms with Gasteiger partial charge in [0.15, 0.2) is 51.5 Å². The Bertz CT molecular complexity index is 5520. The number of nitrogens with one attached hydrogen (secondary N) is 3. The molecule has 10 N–H and O–H groups in total. The molecule has 12 aliphatic rings. The zero-order valence-corrected chi connectivity index (χ0v) is 66.7. The minimum absolute atomic E-state index is 0.0443. The highest BCUT2D eigenvalue weighted by atomic mass is 32.2. The quantitative estimate of drug-likeness (QED) is 0.0553. The number of benzene rings is 6. The van der Waals surface area contributed by atoms with Crippen molar-refractivity contribution in [2.24, 2.45) is 5.73 Å². The third kappa shape index (κ3) is 12.2. The van der Waals surface area contributed by atoms with Crippen molar-refractivity contribution in [3.63, 3.8) is 0 Å². The van der Waals surface area contributed by atoms with E-state index in [1.165, 1.54) is 11.8 Å². The molecule has 4 saturated heterocycles. The standard InChI is InChI=1S/C41H41N5O8S.C30H31N3O7S.C11H12N2O2.C2H4O2/c1-17-10-20-11-25-26(13-42)46-27-14-52-40(50)41(38-22(12-24(44-41)39(48)49)21-8-6-7-9-23(21)43-38)15-55-37(28-18(2)19(3)35-36(30(27)28)54-16-53-35)32(46)31(45(25)4)29(20)33(47)34(17)51-5;1-12-6-15-7-16-17(8-31)33-18-9-38-30(36)19(34)10-41-29(20-13(2)14(3)27-28(22(18)20)40-11-39-27)24(33)23(32(16)4)21(15)25(35)26(12)37-5;12-9(11(14)15)5-7-6-13-10-4-2-1-3-8(7)10;1-2(3)4/h6-10,24-27,31-32,37,43-44,47H,11-12,14-16H2,1-5H3,(H,48,49);6,16-18,23-24,29,35H,7,9-11H2,1-5H3;1-4,6,9,13H,5,12H2,(H,14,15);1H3,(H,3,4)/t24-,25-,26-,27-,31+,32+,37+,41+;16-,17-,18-,23+,24+,29+;9-;/m000./s1. The number of H-pyrrole nitrogens is 2. The summed E-state index contributed by atoms with van der Waals surface area (Å²) in [6.07, 6.45) is 3.43. The van der Waals surface area contributed by atoms with Gasteiger partial charge in [-0.15, -0.1) is 23.5 Å². The van der Waals surface area contributed by atoms with E-state index in [4.69, 9.17) is 58.6 Å². The van der Waals surface area contributed by atoms with Crippen molar-refractivity contribution < 1.29 is 92.2 Å². The van der Waals surface area contributed by atoms with Gasteiger partial charge in [0, 0.05) is 110 Å². The molecular formula is C84H88N10O19S2. The second-order valence-corrected chi connectivity index (χ2v) is 33.4. The maximum atomic E-state index is 14.9. The number of phenolic OH excluding ortho intramolecular Hbond substituents is 2. The Kier molecular flexibility index (Phi) is 20.3. The number of hydrogen-bond acceptors (Lipinski definition) is 26. The number of aromatic amines is 2. The normalized spacial score (nSPS) is 27.3. The molecule has 20 rings (SSSR count). The van der Waals surface area contributed by atoms with Crippen molar-refractivity contribution in [2.75, 3.05) is 66.6 Å². The van der Waals surface area contributed by atoms with Crippen LogP contribution in [0.1, 0.15) is 136 Å². The lowest BCUT2D eigenvalue weighted by Gasteiger charge is -2.62. The summed E-state index contributed by atoms with van der Waals surface area (Å²) in [7, 11) is 7.14. The van der Waals surface area contributed by atoms with Crippen LogP contribution in [0.3, 0.4) is 0 Å². The van der Waals surface area contributed by atoms with Gasteiger partial charge in [0.05, 0.1) is 62.0 Å². The van der Waals surface area contributed by atoms with Gasteiger partial charge in [-0.3, -0.25) is 44.1 Å². The SMILES string of the molecule is CC(=O)O.COc1c(C)cc2c(c1O)[C@@H]1[C@@H]3[C@@H]4SCC(=O)C(=O)OC[C@@H](c5c6c(c(C)c(C)c54)OCO6)N3[C@@H](C#N)[C@H](C2)N1C.COc1c(C)cc2c(c1O)[C@@H]1[C@@H]3[C@@H]4SC[C@]5(N[C@H](C(=O)O)Cc6c5[nH]c5ccccc65)C(=O)OC[C@@H](c5c6c(c(C)c(C)c54)OCO6)N3[C@@H](C#N)[C@H](C2)N1C.N[C@@H](Cc1c[nH]c2ccccc12)C(=O)O. The van der Waals surface area contributed by atoms with Crippen LogP contribution in [0, 0.1) is 64.2 Å². The van der Waals surface area contributed by atoms with E-state index in [1.807, 2.05) is 103 Å². The number of para-hydroxylation sites is 2. The van der Waals surface area contributed by atoms with Gasteiger partial charge >= 0.3 is 23.9 Å². The van der Waals surface area contributed by atoms with Crippen molar-refractivity contribution in [1.82, 2.24) is 34.9 Å². The fourth-order valence-corrected chi connectivity index (χ4v) is 23.4. The average molecular weight is 1610 g/mol. The molecule has 6 aromatic carbocycles. The van der Waals surface area contributed by atoms with Crippen molar-refractivity contribution in [3.05, 3.63) is 162 Å². The summed E-state index contributed by atoms with van der Waals surface area (Å²) in [6.45, 7) is 12.9. The number of cyclic esters (lactones) is 1. The number of aliphatic carboxylic acids is 3. The molecule has 14 heterocycles. The maximum Gasteiger partial charge on any atom is 0.375 e. The van der Waals surface area contributed by atoms with E-state index in [0.717, 1.165) is 118 Å². The van der Waals surface area contributed by atoms with E-state index < -0.39 is 94.8 Å². The number of nitriles is 2. The van der Waals surface area contributed by atoms with Crippen LogP contribution in [0.2, 0.25) is 0 Å². The summed E-state index contributed by atoms with van der Waals surface area (Å²) in [5, 5.41) is 76.7. The molecule has 8 aromatic rings. The number of piperazine rings is 2. The first-order chi connectivity index (χ1) is 55.1. The van der Waals surface area contributed by atoms with Gasteiger partial charge in [-0.05, 0) is 147 Å². The second kappa shape index (κ2) is 29.8. The number of likely N-dealkylation sites (N-methyl/N-ethyl adjacent to an activating group) is 2. The van der Waals surface area contributed by atoms with Crippen LogP contribution < -0.4 is 39.5 Å². The van der Waals surface area contributed by atoms with Gasteiger partial charge in [0.2, 0.25) is 19.4 Å². The fourth-order valence-electron chi connectivity index (χ4n) is 20.2. The lowest BCUT2D eigenvalue weighted by Crippen LogP contribution is -2.70. The maximum absolute atomic E-state index is 14.9. The van der Waals surface area contributed by atoms with Gasteiger partial charge in [-0.25, -0.2) is 9.59 Å². The number of phenols is 2. The molecule has 29 nitrogen and oxygen atoms in total. The van der Waals surface area contributed by atoms with Gasteiger partial charge in [-0.2, -0.15) is 10.5 Å². The number of hydrogen-bond donors (Lipinski definition) is 9. The highest BCUT2D eigenvalue weighted by Gasteiger charge is 2.64. The Morgan fingerprint density at radius 3 is 1.64 bits per heavy atom. The number of aromatic nitrogens is 2. The first-order valence-corrected chi connectivity index (χ1v) is 40.1. The minimum atomic E-state index is -1.55. The van der Waals surface area contributed by atoms with Crippen LogP contribution in [0.4, 0.5) is 0 Å². The van der Waals surface area contributed by atoms with Crippen molar-refractivity contribution in [3.8, 4) is 58.1 Å². The number of aromatic hydroxyl groups is 2. The number of nitrogens with zero attached hydrogens (tertiary/aromatic N) is 6. The molecule has 15 atom stereocenters. The first-order valence-electron chi connectivity index (χ1n) is 38.0. The number of ether oxygens (including phenoxy) is 8. The molecule has 4 fully saturated rings. The number of rotatable bonds is 6. The predicted molar refractivity (Wildman–Crippen MR) is 421 cm³/mol. The van der Waals surface area contributed by atoms with Crippen LogP contribution in [-0.4, -0.2) is 206 Å². The van der Waals surface area contributed by atoms with E-state index in [0.29, 0.717) is 59.5 Å². The number of carboxylic acids is 3. The van der Waals surface area contributed by atoms with E-state index >= 15 is 0 Å². The second-order valence-electron chi connectivity index (χ2n) is 31.2. The zero-order valence-electron chi connectivity index (χ0n) is 65.0. The number of Topliss-reactive ketones (excluding diaryl/α,β-unsaturated/α-hetero) is 1. The number of nitrogens with two attached hydrogens (primary N) is 1. The number of carbonyl (C=O) groups is 6. The minimum Gasteiger partial charge on any atom is -0.504 e. The van der Waals surface area contributed by atoms with Gasteiger partial charge in [-0.1, -0.05) is 48.5 Å². The predicted octanol–water partition coefficient (Wildman–Crippen LogP) is 8.99. The number of fused-ring (bicyclic) bond motifs is 21. The number of methoxy groups -OCH3 is 2. The number of ketones is 1. The third-order valence-corrected chi connectivity index (χ3v) is 28.1. The Labute approximate surface area is 669 Å². The number of esters is 2. The number of carboxylic acid groups (broad SMARTS) is 3. The molecule has 2 aromatic heterocycles. The van der Waals surface area contributed by atoms with E-state index in [-0.39, 0.29) is 85.6 Å². The topological polar surface area (TPSA) is 408 Å².